The molecule has 4 rings (SSSR count). The number of aliphatic hydroxyl groups excluding tert-OH is 1. The van der Waals surface area contributed by atoms with E-state index in [1.165, 1.54) is 4.90 Å². The van der Waals surface area contributed by atoms with Crippen LogP contribution >= 0.6 is 0 Å². The summed E-state index contributed by atoms with van der Waals surface area (Å²) in [6.07, 6.45) is 0.761. The van der Waals surface area contributed by atoms with Crippen molar-refractivity contribution in [2.45, 2.75) is 12.5 Å². The lowest BCUT2D eigenvalue weighted by atomic mass is 9.95. The number of para-hydroxylation sites is 1. The molecule has 2 aromatic carbocycles. The predicted octanol–water partition coefficient (Wildman–Crippen LogP) is 2.55. The number of benzene rings is 2. The molecule has 3 aromatic rings. The van der Waals surface area contributed by atoms with Crippen molar-refractivity contribution in [1.82, 2.24) is 4.90 Å². The molecule has 0 fully saturated rings. The average Bonchev–Trinajstić information content (AvgIpc) is 3.28. The molecule has 2 heterocycles. The Bertz CT molecular complexity index is 1080. The fourth-order valence-electron chi connectivity index (χ4n) is 3.93. The van der Waals surface area contributed by atoms with Gasteiger partial charge >= 0.3 is 0 Å². The number of ketones is 1. The van der Waals surface area contributed by atoms with Crippen molar-refractivity contribution < 1.29 is 24.0 Å². The van der Waals surface area contributed by atoms with Gasteiger partial charge in [0.25, 0.3) is 5.91 Å². The van der Waals surface area contributed by atoms with Crippen LogP contribution in [0, 0.1) is 0 Å². The molecule has 30 heavy (non-hydrogen) atoms. The summed E-state index contributed by atoms with van der Waals surface area (Å²) >= 11 is 0. The Labute approximate surface area is 175 Å². The maximum Gasteiger partial charge on any atom is 0.290 e. The third-order valence-corrected chi connectivity index (χ3v) is 5.39. The first-order chi connectivity index (χ1) is 14.5. The molecule has 0 unspecified atom stereocenters. The van der Waals surface area contributed by atoms with Crippen LogP contribution in [0.25, 0.3) is 11.0 Å². The summed E-state index contributed by atoms with van der Waals surface area (Å²) in [5.74, 6) is -1.36. The first kappa shape index (κ1) is 19.9. The number of nitrogens with one attached hydrogen (secondary N) is 1. The van der Waals surface area contributed by atoms with Crippen molar-refractivity contribution in [3.05, 3.63) is 83.3 Å². The number of nitrogens with zero attached hydrogens (tertiary/aromatic N) is 1. The fraction of sp³-hybridized carbons (Fsp3) is 0.250. The summed E-state index contributed by atoms with van der Waals surface area (Å²) in [4.78, 5) is 29.2. The number of rotatable bonds is 7. The van der Waals surface area contributed by atoms with Crippen LogP contribution in [0.4, 0.5) is 0 Å². The third kappa shape index (κ3) is 3.62. The van der Waals surface area contributed by atoms with E-state index in [-0.39, 0.29) is 11.3 Å². The largest absolute Gasteiger partial charge is 0.503 e. The Kier molecular flexibility index (Phi) is 5.42. The molecule has 154 valence electrons. The number of carbonyl (C=O) groups excluding carboxylic acids is 2. The van der Waals surface area contributed by atoms with Gasteiger partial charge in [0.05, 0.1) is 32.3 Å². The highest BCUT2D eigenvalue weighted by Crippen LogP contribution is 2.39. The Morgan fingerprint density at radius 1 is 1.10 bits per heavy atom. The van der Waals surface area contributed by atoms with E-state index in [0.29, 0.717) is 12.1 Å². The molecular formula is C24H25N2O4+. The zero-order valence-corrected chi connectivity index (χ0v) is 17.1. The van der Waals surface area contributed by atoms with Gasteiger partial charge in [0.15, 0.2) is 11.5 Å². The normalized spacial score (nSPS) is 16.8. The molecule has 0 saturated carbocycles. The van der Waals surface area contributed by atoms with E-state index >= 15 is 0 Å². The Morgan fingerprint density at radius 2 is 1.80 bits per heavy atom. The molecular weight excluding hydrogens is 380 g/mol. The number of amides is 1. The van der Waals surface area contributed by atoms with E-state index in [1.807, 2.05) is 62.6 Å². The summed E-state index contributed by atoms with van der Waals surface area (Å²) in [7, 11) is 4.10. The number of fused-ring (bicyclic) bond motifs is 1. The summed E-state index contributed by atoms with van der Waals surface area (Å²) < 4.78 is 5.73. The highest BCUT2D eigenvalue weighted by atomic mass is 16.3. The van der Waals surface area contributed by atoms with Gasteiger partial charge in [-0.15, -0.1) is 0 Å². The minimum atomic E-state index is -0.642. The number of aliphatic hydroxyl groups is 1. The second kappa shape index (κ2) is 8.16. The molecule has 6 heteroatoms. The molecule has 0 spiro atoms. The highest BCUT2D eigenvalue weighted by Gasteiger charge is 2.44. The minimum absolute atomic E-state index is 0.0717. The number of quaternary nitrogens is 1. The first-order valence-corrected chi connectivity index (χ1v) is 10.1. The summed E-state index contributed by atoms with van der Waals surface area (Å²) in [5.41, 5.74) is 1.45. The third-order valence-electron chi connectivity index (χ3n) is 5.39. The van der Waals surface area contributed by atoms with Gasteiger partial charge in [-0.3, -0.25) is 9.59 Å². The molecule has 0 aliphatic carbocycles. The molecule has 6 nitrogen and oxygen atoms in total. The zero-order chi connectivity index (χ0) is 21.3. The fourth-order valence-corrected chi connectivity index (χ4v) is 3.93. The van der Waals surface area contributed by atoms with Gasteiger partial charge in [0, 0.05) is 18.4 Å². The van der Waals surface area contributed by atoms with Gasteiger partial charge in [-0.1, -0.05) is 48.5 Å². The molecule has 0 radical (unpaired) electrons. The maximum absolute atomic E-state index is 13.4. The molecule has 2 N–H and O–H groups in total. The Morgan fingerprint density at radius 3 is 2.50 bits per heavy atom. The monoisotopic (exact) mass is 405 g/mol. The van der Waals surface area contributed by atoms with Crippen LogP contribution in [-0.2, 0) is 4.79 Å². The van der Waals surface area contributed by atoms with Crippen molar-refractivity contribution in [2.75, 3.05) is 27.2 Å². The molecule has 0 bridgehead atoms. The van der Waals surface area contributed by atoms with Crippen LogP contribution in [0.15, 0.2) is 76.4 Å². The van der Waals surface area contributed by atoms with Gasteiger partial charge in [-0.05, 0) is 17.7 Å². The Balaban J connectivity index is 1.73. The van der Waals surface area contributed by atoms with E-state index < -0.39 is 23.5 Å². The van der Waals surface area contributed by atoms with Crippen LogP contribution in [0.2, 0.25) is 0 Å². The molecule has 1 atom stereocenters. The number of carbonyl (C=O) groups is 2. The van der Waals surface area contributed by atoms with Crippen molar-refractivity contribution >= 4 is 22.7 Å². The predicted molar refractivity (Wildman–Crippen MR) is 113 cm³/mol. The highest BCUT2D eigenvalue weighted by molar-refractivity contribution is 6.16. The van der Waals surface area contributed by atoms with Gasteiger partial charge in [0.1, 0.15) is 5.58 Å². The molecule has 1 aliphatic rings. The van der Waals surface area contributed by atoms with E-state index in [2.05, 4.69) is 0 Å². The van der Waals surface area contributed by atoms with Crippen molar-refractivity contribution in [1.29, 1.82) is 0 Å². The molecule has 1 aliphatic heterocycles. The van der Waals surface area contributed by atoms with Gasteiger partial charge in [-0.25, -0.2) is 0 Å². The van der Waals surface area contributed by atoms with E-state index in [0.717, 1.165) is 23.9 Å². The van der Waals surface area contributed by atoms with E-state index in [4.69, 9.17) is 4.42 Å². The summed E-state index contributed by atoms with van der Waals surface area (Å²) in [6, 6.07) is 17.7. The van der Waals surface area contributed by atoms with Gasteiger partial charge in [-0.2, -0.15) is 0 Å². The lowest BCUT2D eigenvalue weighted by Gasteiger charge is -2.26. The second-order valence-corrected chi connectivity index (χ2v) is 7.86. The molecule has 1 aromatic heterocycles. The minimum Gasteiger partial charge on any atom is -0.503 e. The topological polar surface area (TPSA) is 75.2 Å². The van der Waals surface area contributed by atoms with Crippen molar-refractivity contribution in [3.8, 4) is 0 Å². The molecule has 1 amide bonds. The first-order valence-electron chi connectivity index (χ1n) is 10.1. The van der Waals surface area contributed by atoms with Gasteiger partial charge in [0.2, 0.25) is 5.78 Å². The Hall–Kier alpha value is -3.38. The average molecular weight is 405 g/mol. The van der Waals surface area contributed by atoms with Crippen LogP contribution in [0.1, 0.15) is 28.6 Å². The molecule has 0 saturated heterocycles. The number of Topliss-reactive ketones (excluding diaryl/α,β-unsaturated/α-hetero) is 1. The lowest BCUT2D eigenvalue weighted by molar-refractivity contribution is -0.858. The number of hydrogen-bond acceptors (Lipinski definition) is 4. The summed E-state index contributed by atoms with van der Waals surface area (Å²) in [6.45, 7) is 1.32. The van der Waals surface area contributed by atoms with Crippen LogP contribution in [0.3, 0.4) is 0 Å². The van der Waals surface area contributed by atoms with E-state index in [1.54, 1.807) is 17.0 Å². The summed E-state index contributed by atoms with van der Waals surface area (Å²) in [5, 5.41) is 11.5. The zero-order valence-electron chi connectivity index (χ0n) is 17.1. The number of hydrogen-bond donors (Lipinski definition) is 2. The second-order valence-electron chi connectivity index (χ2n) is 7.86. The SMILES string of the molecule is C[NH+](C)CCCN1C(=O)C(O)=C(C(=O)c2cc3ccccc3o2)[C@@H]1c1ccccc1. The van der Waals surface area contributed by atoms with E-state index in [9.17, 15) is 14.7 Å². The van der Waals surface area contributed by atoms with Crippen molar-refractivity contribution in [3.63, 3.8) is 0 Å². The standard InChI is InChI=1S/C24H24N2O4/c1-25(2)13-8-14-26-21(16-9-4-3-5-10-16)20(23(28)24(26)29)22(27)19-15-17-11-6-7-12-18(17)30-19/h3-7,9-12,15,21,28H,8,13-14H2,1-2H3/p+1/t21-/m0/s1. The smallest absolute Gasteiger partial charge is 0.290 e. The van der Waals surface area contributed by atoms with Crippen molar-refractivity contribution in [2.24, 2.45) is 0 Å². The van der Waals surface area contributed by atoms with Crippen LogP contribution in [-0.4, -0.2) is 48.9 Å². The van der Waals surface area contributed by atoms with Gasteiger partial charge < -0.3 is 19.3 Å². The quantitative estimate of drug-likeness (QED) is 0.593. The number of furan rings is 1. The maximum atomic E-state index is 13.4. The van der Waals surface area contributed by atoms with Crippen LogP contribution < -0.4 is 4.90 Å². The lowest BCUT2D eigenvalue weighted by Crippen LogP contribution is -3.05. The van der Waals surface area contributed by atoms with Crippen LogP contribution in [0.5, 0.6) is 0 Å².